The maximum Gasteiger partial charge on any atom is 0.276 e. The molecule has 0 spiro atoms. The number of rotatable bonds is 5. The third-order valence-electron chi connectivity index (χ3n) is 5.58. The number of hydrogen-bond acceptors (Lipinski definition) is 4. The van der Waals surface area contributed by atoms with E-state index in [1.165, 1.54) is 12.3 Å². The lowest BCUT2D eigenvalue weighted by atomic mass is 9.97. The standard InChI is InChI=1S/C23H27FN4O2.CH3I/c1-4-30-20-9-8-16(3)25-21(20)23(29)28-10-6-5-7-19(28)12-18-14-27-13-17(24)11-15(2)22(27)26-18;1-2/h8-9,11,13-14,19H,4-7,10,12H2,1-3H3;1H3/t19-;/m0./s1. The number of hydrogen-bond donors (Lipinski definition) is 0. The number of carbonyl (C=O) groups excluding carboxylic acids is 1. The Morgan fingerprint density at radius 2 is 2.00 bits per heavy atom. The first-order valence-corrected chi connectivity index (χ1v) is 13.0. The van der Waals surface area contributed by atoms with Crippen LogP contribution in [0.3, 0.4) is 0 Å². The highest BCUT2D eigenvalue weighted by Crippen LogP contribution is 2.26. The second kappa shape index (κ2) is 11.1. The molecule has 8 heteroatoms. The molecule has 3 aromatic heterocycles. The van der Waals surface area contributed by atoms with Gasteiger partial charge in [-0.2, -0.15) is 0 Å². The van der Waals surface area contributed by atoms with Crippen molar-refractivity contribution in [2.45, 2.75) is 52.5 Å². The van der Waals surface area contributed by atoms with E-state index in [1.54, 1.807) is 4.40 Å². The van der Waals surface area contributed by atoms with Gasteiger partial charge in [0, 0.05) is 37.1 Å². The third-order valence-corrected chi connectivity index (χ3v) is 5.58. The highest BCUT2D eigenvalue weighted by atomic mass is 127. The van der Waals surface area contributed by atoms with E-state index in [9.17, 15) is 9.18 Å². The van der Waals surface area contributed by atoms with E-state index in [-0.39, 0.29) is 17.8 Å². The van der Waals surface area contributed by atoms with E-state index in [4.69, 9.17) is 9.72 Å². The van der Waals surface area contributed by atoms with Crippen LogP contribution in [0.4, 0.5) is 4.39 Å². The fourth-order valence-electron chi connectivity index (χ4n) is 4.20. The number of aryl methyl sites for hydroxylation is 2. The highest BCUT2D eigenvalue weighted by Gasteiger charge is 2.31. The van der Waals surface area contributed by atoms with Crippen molar-refractivity contribution in [2.75, 3.05) is 18.1 Å². The number of halogens is 2. The quantitative estimate of drug-likeness (QED) is 0.324. The number of pyridine rings is 2. The van der Waals surface area contributed by atoms with Crippen LogP contribution in [-0.2, 0) is 6.42 Å². The summed E-state index contributed by atoms with van der Waals surface area (Å²) < 4.78 is 21.1. The number of fused-ring (bicyclic) bond motifs is 1. The molecule has 32 heavy (non-hydrogen) atoms. The zero-order valence-electron chi connectivity index (χ0n) is 19.1. The normalized spacial score (nSPS) is 15.9. The Labute approximate surface area is 202 Å². The molecular formula is C24H30FIN4O2. The Kier molecular flexibility index (Phi) is 8.44. The molecule has 0 bridgehead atoms. The zero-order chi connectivity index (χ0) is 23.3. The highest BCUT2D eigenvalue weighted by molar-refractivity contribution is 14.1. The van der Waals surface area contributed by atoms with Gasteiger partial charge in [0.15, 0.2) is 11.4 Å². The molecule has 0 unspecified atom stereocenters. The second-order valence-corrected chi connectivity index (χ2v) is 7.89. The van der Waals surface area contributed by atoms with E-state index < -0.39 is 0 Å². The largest absolute Gasteiger partial charge is 0.491 e. The molecule has 3 aromatic rings. The predicted molar refractivity (Wildman–Crippen MR) is 132 cm³/mol. The van der Waals surface area contributed by atoms with Crippen LogP contribution in [0.25, 0.3) is 5.65 Å². The first kappa shape index (κ1) is 24.4. The molecule has 6 nitrogen and oxygen atoms in total. The van der Waals surface area contributed by atoms with Crippen LogP contribution >= 0.6 is 22.6 Å². The lowest BCUT2D eigenvalue weighted by molar-refractivity contribution is 0.0601. The van der Waals surface area contributed by atoms with Crippen LogP contribution in [0.1, 0.15) is 53.6 Å². The van der Waals surface area contributed by atoms with Gasteiger partial charge in [-0.25, -0.2) is 14.4 Å². The van der Waals surface area contributed by atoms with Crippen molar-refractivity contribution in [1.82, 2.24) is 19.3 Å². The van der Waals surface area contributed by atoms with Gasteiger partial charge in [0.25, 0.3) is 5.91 Å². The van der Waals surface area contributed by atoms with Crippen molar-refractivity contribution < 1.29 is 13.9 Å². The molecule has 0 radical (unpaired) electrons. The summed E-state index contributed by atoms with van der Waals surface area (Å²) in [6, 6.07) is 5.19. The topological polar surface area (TPSA) is 59.7 Å². The molecule has 0 saturated carbocycles. The van der Waals surface area contributed by atoms with E-state index in [0.29, 0.717) is 31.0 Å². The molecule has 0 aliphatic carbocycles. The Morgan fingerprint density at radius 1 is 1.22 bits per heavy atom. The van der Waals surface area contributed by atoms with Gasteiger partial charge in [0.1, 0.15) is 11.5 Å². The number of carbonyl (C=O) groups is 1. The predicted octanol–water partition coefficient (Wildman–Crippen LogP) is 5.17. The molecule has 4 rings (SSSR count). The molecule has 0 N–H and O–H groups in total. The van der Waals surface area contributed by atoms with E-state index in [2.05, 4.69) is 27.6 Å². The van der Waals surface area contributed by atoms with Gasteiger partial charge < -0.3 is 14.0 Å². The molecule has 1 aliphatic heterocycles. The Morgan fingerprint density at radius 3 is 2.75 bits per heavy atom. The lowest BCUT2D eigenvalue weighted by Gasteiger charge is -2.35. The van der Waals surface area contributed by atoms with Crippen molar-refractivity contribution in [3.8, 4) is 5.75 Å². The average molecular weight is 552 g/mol. The fourth-order valence-corrected chi connectivity index (χ4v) is 4.20. The second-order valence-electron chi connectivity index (χ2n) is 7.89. The summed E-state index contributed by atoms with van der Waals surface area (Å²) in [6.45, 7) is 6.78. The third kappa shape index (κ3) is 5.39. The van der Waals surface area contributed by atoms with Gasteiger partial charge in [0.05, 0.1) is 12.3 Å². The van der Waals surface area contributed by atoms with Crippen LogP contribution < -0.4 is 4.74 Å². The van der Waals surface area contributed by atoms with Gasteiger partial charge >= 0.3 is 0 Å². The minimum Gasteiger partial charge on any atom is -0.491 e. The van der Waals surface area contributed by atoms with Crippen LogP contribution in [0.15, 0.2) is 30.6 Å². The number of imidazole rings is 1. The van der Waals surface area contributed by atoms with E-state index >= 15 is 0 Å². The summed E-state index contributed by atoms with van der Waals surface area (Å²) in [4.78, 5) is 26.5. The van der Waals surface area contributed by atoms with E-state index in [0.717, 1.165) is 41.9 Å². The molecule has 4 heterocycles. The summed E-state index contributed by atoms with van der Waals surface area (Å²) in [5.74, 6) is 0.140. The summed E-state index contributed by atoms with van der Waals surface area (Å²) in [5, 5.41) is 0. The number of ether oxygens (including phenoxy) is 1. The van der Waals surface area contributed by atoms with Crippen molar-refractivity contribution in [3.63, 3.8) is 0 Å². The monoisotopic (exact) mass is 552 g/mol. The number of nitrogens with zero attached hydrogens (tertiary/aromatic N) is 4. The van der Waals surface area contributed by atoms with E-state index in [1.807, 2.05) is 48.9 Å². The molecule has 1 aliphatic rings. The molecule has 1 atom stereocenters. The molecule has 172 valence electrons. The Hall–Kier alpha value is -2.23. The maximum atomic E-state index is 13.7. The van der Waals surface area contributed by atoms with Gasteiger partial charge in [-0.15, -0.1) is 0 Å². The van der Waals surface area contributed by atoms with Gasteiger partial charge in [-0.05, 0) is 68.7 Å². The summed E-state index contributed by atoms with van der Waals surface area (Å²) in [7, 11) is 0. The number of likely N-dealkylation sites (tertiary alicyclic amines) is 1. The number of aromatic nitrogens is 3. The Balaban J connectivity index is 0.00000141. The van der Waals surface area contributed by atoms with Crippen molar-refractivity contribution in [3.05, 3.63) is 59.1 Å². The minimum atomic E-state index is -0.285. The number of alkyl halides is 1. The van der Waals surface area contributed by atoms with Crippen LogP contribution in [0, 0.1) is 19.7 Å². The zero-order valence-corrected chi connectivity index (χ0v) is 21.2. The van der Waals surface area contributed by atoms with Crippen molar-refractivity contribution >= 4 is 34.1 Å². The maximum absolute atomic E-state index is 13.7. The molecule has 0 aromatic carbocycles. The average Bonchev–Trinajstić information content (AvgIpc) is 3.19. The summed E-state index contributed by atoms with van der Waals surface area (Å²) >= 11 is 2.15. The SMILES string of the molecule is CCOc1ccc(C)nc1C(=O)N1CCCC[C@H]1Cc1cn2cc(F)cc(C)c2n1.CI. The molecule has 1 amide bonds. The number of amides is 1. The van der Waals surface area contributed by atoms with Crippen LogP contribution in [0.2, 0.25) is 0 Å². The minimum absolute atomic E-state index is 0.0260. The summed E-state index contributed by atoms with van der Waals surface area (Å²) in [5.41, 5.74) is 3.56. The van der Waals surface area contributed by atoms with Crippen molar-refractivity contribution in [1.29, 1.82) is 0 Å². The lowest BCUT2D eigenvalue weighted by Crippen LogP contribution is -2.45. The van der Waals surface area contributed by atoms with Gasteiger partial charge in [-0.3, -0.25) is 4.79 Å². The van der Waals surface area contributed by atoms with Crippen LogP contribution in [-0.4, -0.2) is 49.3 Å². The van der Waals surface area contributed by atoms with Crippen LogP contribution in [0.5, 0.6) is 5.75 Å². The van der Waals surface area contributed by atoms with Crippen molar-refractivity contribution in [2.24, 2.45) is 0 Å². The first-order valence-electron chi connectivity index (χ1n) is 10.9. The number of piperidine rings is 1. The molecular weight excluding hydrogens is 522 g/mol. The molecule has 1 fully saturated rings. The summed E-state index contributed by atoms with van der Waals surface area (Å²) in [6.07, 6.45) is 6.86. The fraction of sp³-hybridized carbons (Fsp3) is 0.458. The van der Waals surface area contributed by atoms with Gasteiger partial charge in [0.2, 0.25) is 0 Å². The Bertz CT molecular complexity index is 1090. The first-order chi connectivity index (χ1) is 15.5. The molecule has 1 saturated heterocycles. The van der Waals surface area contributed by atoms with Gasteiger partial charge in [-0.1, -0.05) is 22.6 Å². The smallest absolute Gasteiger partial charge is 0.276 e.